The van der Waals surface area contributed by atoms with Crippen LogP contribution in [0.4, 0.5) is 5.69 Å². The number of methoxy groups -OCH3 is 1. The standard InChI is InChI=1S/C21H17N3O5S2/c1-12-14-10-16(31-19(14)24(23-12)13-6-4-3-5-7-13)20(26)29-11-17(25)22-15-8-9-30-18(15)21(27)28-2/h3-10H,11H2,1-2H3,(H,22,25). The quantitative estimate of drug-likeness (QED) is 0.441. The molecule has 0 aliphatic heterocycles. The molecule has 0 bridgehead atoms. The normalized spacial score (nSPS) is 10.8. The first kappa shape index (κ1) is 20.8. The second kappa shape index (κ2) is 8.70. The fourth-order valence-electron chi connectivity index (χ4n) is 2.94. The Morgan fingerprint density at radius 3 is 2.65 bits per heavy atom. The lowest BCUT2D eigenvalue weighted by molar-refractivity contribution is -0.119. The van der Waals surface area contributed by atoms with Gasteiger partial charge in [-0.2, -0.15) is 5.10 Å². The number of aromatic nitrogens is 2. The Morgan fingerprint density at radius 2 is 1.90 bits per heavy atom. The highest BCUT2D eigenvalue weighted by Gasteiger charge is 2.20. The second-order valence-corrected chi connectivity index (χ2v) is 8.39. The van der Waals surface area contributed by atoms with Crippen molar-refractivity contribution in [1.29, 1.82) is 0 Å². The molecule has 1 N–H and O–H groups in total. The van der Waals surface area contributed by atoms with E-state index in [4.69, 9.17) is 4.74 Å². The van der Waals surface area contributed by atoms with Gasteiger partial charge in [0.15, 0.2) is 6.61 Å². The lowest BCUT2D eigenvalue weighted by Crippen LogP contribution is -2.21. The third-order valence-corrected chi connectivity index (χ3v) is 6.38. The number of anilines is 1. The van der Waals surface area contributed by atoms with Gasteiger partial charge in [0.05, 0.1) is 24.2 Å². The molecule has 10 heteroatoms. The van der Waals surface area contributed by atoms with E-state index in [-0.39, 0.29) is 4.88 Å². The van der Waals surface area contributed by atoms with Crippen LogP contribution in [0.15, 0.2) is 47.8 Å². The minimum Gasteiger partial charge on any atom is -0.465 e. The monoisotopic (exact) mass is 455 g/mol. The van der Waals surface area contributed by atoms with E-state index < -0.39 is 24.5 Å². The number of thiophene rings is 2. The fraction of sp³-hybridized carbons (Fsp3) is 0.143. The molecule has 1 amide bonds. The largest absolute Gasteiger partial charge is 0.465 e. The van der Waals surface area contributed by atoms with Crippen LogP contribution in [0, 0.1) is 6.92 Å². The van der Waals surface area contributed by atoms with Crippen molar-refractivity contribution < 1.29 is 23.9 Å². The van der Waals surface area contributed by atoms with Gasteiger partial charge in [-0.3, -0.25) is 4.79 Å². The predicted molar refractivity (Wildman–Crippen MR) is 118 cm³/mol. The number of amides is 1. The molecule has 158 valence electrons. The maximum atomic E-state index is 12.5. The van der Waals surface area contributed by atoms with Crippen LogP contribution in [0.1, 0.15) is 25.0 Å². The first-order chi connectivity index (χ1) is 15.0. The summed E-state index contributed by atoms with van der Waals surface area (Å²) in [6.07, 6.45) is 0. The molecule has 1 aromatic carbocycles. The summed E-state index contributed by atoms with van der Waals surface area (Å²) in [7, 11) is 1.26. The number of fused-ring (bicyclic) bond motifs is 1. The molecule has 0 atom stereocenters. The van der Waals surface area contributed by atoms with E-state index >= 15 is 0 Å². The molecule has 0 radical (unpaired) electrons. The van der Waals surface area contributed by atoms with E-state index in [1.165, 1.54) is 18.4 Å². The van der Waals surface area contributed by atoms with Crippen molar-refractivity contribution >= 4 is 56.4 Å². The zero-order valence-electron chi connectivity index (χ0n) is 16.6. The van der Waals surface area contributed by atoms with Gasteiger partial charge in [-0.05, 0) is 36.6 Å². The van der Waals surface area contributed by atoms with Gasteiger partial charge in [0.25, 0.3) is 5.91 Å². The SMILES string of the molecule is COC(=O)c1sccc1NC(=O)COC(=O)c1cc2c(C)nn(-c3ccccc3)c2s1. The number of hydrogen-bond acceptors (Lipinski definition) is 8. The van der Waals surface area contributed by atoms with Crippen LogP contribution in [0.3, 0.4) is 0 Å². The number of carbonyl (C=O) groups is 3. The zero-order valence-corrected chi connectivity index (χ0v) is 18.2. The van der Waals surface area contributed by atoms with Gasteiger partial charge in [0.1, 0.15) is 14.6 Å². The number of aryl methyl sites for hydroxylation is 1. The first-order valence-corrected chi connectivity index (χ1v) is 10.8. The number of ether oxygens (including phenoxy) is 2. The van der Waals surface area contributed by atoms with Crippen LogP contribution in [-0.2, 0) is 14.3 Å². The number of rotatable bonds is 6. The molecule has 4 rings (SSSR count). The molecular weight excluding hydrogens is 438 g/mol. The Kier molecular flexibility index (Phi) is 5.83. The van der Waals surface area contributed by atoms with E-state index in [0.717, 1.165) is 32.9 Å². The zero-order chi connectivity index (χ0) is 22.0. The highest BCUT2D eigenvalue weighted by atomic mass is 32.1. The Labute approximate surface area is 185 Å². The van der Waals surface area contributed by atoms with Crippen molar-refractivity contribution in [3.05, 3.63) is 63.3 Å². The summed E-state index contributed by atoms with van der Waals surface area (Å²) in [6, 6.07) is 12.9. The molecule has 8 nitrogen and oxygen atoms in total. The molecule has 0 saturated heterocycles. The third-order valence-electron chi connectivity index (χ3n) is 4.39. The van der Waals surface area contributed by atoms with E-state index in [0.29, 0.717) is 10.6 Å². The summed E-state index contributed by atoms with van der Waals surface area (Å²) in [5, 5.41) is 9.61. The van der Waals surface area contributed by atoms with Crippen LogP contribution in [-0.4, -0.2) is 41.3 Å². The molecule has 3 heterocycles. The highest BCUT2D eigenvalue weighted by molar-refractivity contribution is 7.20. The number of nitrogens with zero attached hydrogens (tertiary/aromatic N) is 2. The lowest BCUT2D eigenvalue weighted by Gasteiger charge is -2.06. The summed E-state index contributed by atoms with van der Waals surface area (Å²) in [5.41, 5.74) is 2.00. The van der Waals surface area contributed by atoms with Crippen molar-refractivity contribution in [2.75, 3.05) is 19.0 Å². The Hall–Kier alpha value is -3.50. The molecule has 0 fully saturated rings. The average Bonchev–Trinajstić information content (AvgIpc) is 3.49. The van der Waals surface area contributed by atoms with Gasteiger partial charge >= 0.3 is 11.9 Å². The number of carbonyl (C=O) groups excluding carboxylic acids is 3. The van der Waals surface area contributed by atoms with Crippen molar-refractivity contribution in [3.8, 4) is 5.69 Å². The number of nitrogens with one attached hydrogen (secondary N) is 1. The van der Waals surface area contributed by atoms with Crippen molar-refractivity contribution in [3.63, 3.8) is 0 Å². The van der Waals surface area contributed by atoms with Gasteiger partial charge in [-0.25, -0.2) is 14.3 Å². The molecule has 0 spiro atoms. The van der Waals surface area contributed by atoms with Gasteiger partial charge in [-0.15, -0.1) is 22.7 Å². The highest BCUT2D eigenvalue weighted by Crippen LogP contribution is 2.31. The molecule has 31 heavy (non-hydrogen) atoms. The smallest absolute Gasteiger partial charge is 0.350 e. The summed E-state index contributed by atoms with van der Waals surface area (Å²) >= 11 is 2.39. The topological polar surface area (TPSA) is 99.5 Å². The van der Waals surface area contributed by atoms with E-state index in [1.54, 1.807) is 22.2 Å². The molecule has 3 aromatic heterocycles. The number of esters is 2. The molecular formula is C21H17N3O5S2. The van der Waals surface area contributed by atoms with Crippen LogP contribution in [0.25, 0.3) is 15.9 Å². The molecule has 0 unspecified atom stereocenters. The Balaban J connectivity index is 1.45. The van der Waals surface area contributed by atoms with Crippen LogP contribution >= 0.6 is 22.7 Å². The molecule has 0 aliphatic rings. The minimum absolute atomic E-state index is 0.271. The van der Waals surface area contributed by atoms with Gasteiger partial charge < -0.3 is 14.8 Å². The average molecular weight is 456 g/mol. The molecule has 0 aliphatic carbocycles. The fourth-order valence-corrected chi connectivity index (χ4v) is 4.78. The van der Waals surface area contributed by atoms with Crippen LogP contribution in [0.5, 0.6) is 0 Å². The number of hydrogen-bond donors (Lipinski definition) is 1. The van der Waals surface area contributed by atoms with Crippen molar-refractivity contribution in [2.24, 2.45) is 0 Å². The maximum Gasteiger partial charge on any atom is 0.350 e. The van der Waals surface area contributed by atoms with E-state index in [9.17, 15) is 14.4 Å². The van der Waals surface area contributed by atoms with Crippen LogP contribution < -0.4 is 5.32 Å². The van der Waals surface area contributed by atoms with Crippen LogP contribution in [0.2, 0.25) is 0 Å². The molecule has 0 saturated carbocycles. The van der Waals surface area contributed by atoms with Crippen molar-refractivity contribution in [1.82, 2.24) is 9.78 Å². The van der Waals surface area contributed by atoms with Gasteiger partial charge in [0.2, 0.25) is 0 Å². The molecule has 4 aromatic rings. The predicted octanol–water partition coefficient (Wildman–Crippen LogP) is 4.04. The Bertz CT molecular complexity index is 1270. The van der Waals surface area contributed by atoms with E-state index in [1.807, 2.05) is 37.3 Å². The summed E-state index contributed by atoms with van der Waals surface area (Å²) in [4.78, 5) is 37.8. The second-order valence-electron chi connectivity index (χ2n) is 6.44. The minimum atomic E-state index is -0.603. The Morgan fingerprint density at radius 1 is 1.13 bits per heavy atom. The van der Waals surface area contributed by atoms with E-state index in [2.05, 4.69) is 15.2 Å². The third kappa shape index (κ3) is 4.21. The van der Waals surface area contributed by atoms with Gasteiger partial charge in [0, 0.05) is 5.39 Å². The maximum absolute atomic E-state index is 12.5. The summed E-state index contributed by atoms with van der Waals surface area (Å²) in [6.45, 7) is 1.39. The lowest BCUT2D eigenvalue weighted by atomic mass is 10.3. The summed E-state index contributed by atoms with van der Waals surface area (Å²) in [5.74, 6) is -1.70. The van der Waals surface area contributed by atoms with Gasteiger partial charge in [-0.1, -0.05) is 18.2 Å². The summed E-state index contributed by atoms with van der Waals surface area (Å²) < 4.78 is 11.6. The first-order valence-electron chi connectivity index (χ1n) is 9.15. The van der Waals surface area contributed by atoms with Crippen molar-refractivity contribution in [2.45, 2.75) is 6.92 Å². The number of benzene rings is 1. The number of para-hydroxylation sites is 1.